The number of benzene rings is 1. The van der Waals surface area contributed by atoms with Gasteiger partial charge in [-0.3, -0.25) is 9.89 Å². The summed E-state index contributed by atoms with van der Waals surface area (Å²) in [4.78, 5) is 21.7. The molecule has 0 spiro atoms. The zero-order chi connectivity index (χ0) is 14.2. The number of aromatic nitrogens is 4. The lowest BCUT2D eigenvalue weighted by molar-refractivity contribution is 0.0791. The summed E-state index contributed by atoms with van der Waals surface area (Å²) in [5, 5.41) is 6.98. The van der Waals surface area contributed by atoms with Gasteiger partial charge in [-0.1, -0.05) is 0 Å². The highest BCUT2D eigenvalue weighted by molar-refractivity contribution is 5.97. The average Bonchev–Trinajstić information content (AvgIpc) is 3.24. The molecule has 3 aromatic rings. The van der Waals surface area contributed by atoms with E-state index in [9.17, 15) is 4.79 Å². The zero-order valence-corrected chi connectivity index (χ0v) is 11.4. The first-order valence-corrected chi connectivity index (χ1v) is 7.03. The molecular weight excluding hydrogens is 266 g/mol. The van der Waals surface area contributed by atoms with Crippen molar-refractivity contribution in [1.82, 2.24) is 25.1 Å². The maximum Gasteiger partial charge on any atom is 0.253 e. The van der Waals surface area contributed by atoms with E-state index < -0.39 is 0 Å². The molecule has 1 saturated heterocycles. The molecule has 6 heteroatoms. The highest BCUT2D eigenvalue weighted by atomic mass is 16.2. The van der Waals surface area contributed by atoms with Crippen molar-refractivity contribution in [2.75, 3.05) is 13.1 Å². The van der Waals surface area contributed by atoms with Crippen molar-refractivity contribution in [1.29, 1.82) is 0 Å². The Bertz CT molecular complexity index is 776. The fourth-order valence-corrected chi connectivity index (χ4v) is 2.94. The summed E-state index contributed by atoms with van der Waals surface area (Å²) in [6.07, 6.45) is 4.37. The van der Waals surface area contributed by atoms with Gasteiger partial charge in [0.05, 0.1) is 17.4 Å². The number of H-pyrrole nitrogens is 2. The van der Waals surface area contributed by atoms with Crippen molar-refractivity contribution >= 4 is 16.9 Å². The predicted molar refractivity (Wildman–Crippen MR) is 77.9 cm³/mol. The van der Waals surface area contributed by atoms with Gasteiger partial charge >= 0.3 is 0 Å². The van der Waals surface area contributed by atoms with Gasteiger partial charge < -0.3 is 9.88 Å². The maximum absolute atomic E-state index is 12.6. The van der Waals surface area contributed by atoms with Gasteiger partial charge in [0.25, 0.3) is 5.91 Å². The number of likely N-dealkylation sites (tertiary alicyclic amines) is 1. The molecule has 1 amide bonds. The van der Waals surface area contributed by atoms with E-state index in [2.05, 4.69) is 20.2 Å². The van der Waals surface area contributed by atoms with Crippen LogP contribution in [0.1, 0.15) is 28.4 Å². The van der Waals surface area contributed by atoms with E-state index >= 15 is 0 Å². The van der Waals surface area contributed by atoms with Gasteiger partial charge in [-0.15, -0.1) is 0 Å². The molecule has 106 valence electrons. The maximum atomic E-state index is 12.6. The Morgan fingerprint density at radius 3 is 3.14 bits per heavy atom. The van der Waals surface area contributed by atoms with E-state index in [4.69, 9.17) is 0 Å². The highest BCUT2D eigenvalue weighted by Gasteiger charge is 2.28. The van der Waals surface area contributed by atoms with Crippen LogP contribution >= 0.6 is 0 Å². The summed E-state index contributed by atoms with van der Waals surface area (Å²) >= 11 is 0. The van der Waals surface area contributed by atoms with Crippen molar-refractivity contribution in [3.05, 3.63) is 48.0 Å². The van der Waals surface area contributed by atoms with Crippen LogP contribution in [-0.4, -0.2) is 44.1 Å². The number of nitrogens with zero attached hydrogens (tertiary/aromatic N) is 3. The third kappa shape index (κ3) is 2.08. The first-order chi connectivity index (χ1) is 10.3. The van der Waals surface area contributed by atoms with Crippen molar-refractivity contribution < 1.29 is 4.79 Å². The van der Waals surface area contributed by atoms with Crippen LogP contribution < -0.4 is 0 Å². The van der Waals surface area contributed by atoms with Gasteiger partial charge in [-0.2, -0.15) is 5.10 Å². The largest absolute Gasteiger partial charge is 0.345 e. The molecule has 1 atom stereocenters. The van der Waals surface area contributed by atoms with Gasteiger partial charge in [-0.05, 0) is 30.7 Å². The van der Waals surface area contributed by atoms with E-state index in [0.717, 1.165) is 36.2 Å². The van der Waals surface area contributed by atoms with Gasteiger partial charge in [0.15, 0.2) is 0 Å². The fourth-order valence-electron chi connectivity index (χ4n) is 2.94. The molecule has 21 heavy (non-hydrogen) atoms. The molecule has 2 aromatic heterocycles. The second-order valence-corrected chi connectivity index (χ2v) is 5.38. The first kappa shape index (κ1) is 12.1. The number of carbonyl (C=O) groups is 1. The summed E-state index contributed by atoms with van der Waals surface area (Å²) in [5.41, 5.74) is 3.58. The number of carbonyl (C=O) groups excluding carboxylic acids is 1. The number of amides is 1. The van der Waals surface area contributed by atoms with Crippen LogP contribution in [0.2, 0.25) is 0 Å². The second kappa shape index (κ2) is 4.73. The van der Waals surface area contributed by atoms with Crippen molar-refractivity contribution in [2.45, 2.75) is 12.3 Å². The van der Waals surface area contributed by atoms with Gasteiger partial charge in [0, 0.05) is 36.5 Å². The summed E-state index contributed by atoms with van der Waals surface area (Å²) in [6, 6.07) is 7.57. The standard InChI is InChI=1S/C15H15N5O/c21-15(10-1-2-13-14(7-10)17-9-16-13)20-6-4-11(8-20)12-3-5-18-19-12/h1-3,5,7,9,11H,4,6,8H2,(H,16,17)(H,18,19). The summed E-state index contributed by atoms with van der Waals surface area (Å²) in [6.45, 7) is 1.52. The Morgan fingerprint density at radius 2 is 2.29 bits per heavy atom. The Kier molecular flexibility index (Phi) is 2.73. The lowest BCUT2D eigenvalue weighted by atomic mass is 10.1. The molecule has 1 aliphatic heterocycles. The molecule has 1 unspecified atom stereocenters. The van der Waals surface area contributed by atoms with Gasteiger partial charge in [0.2, 0.25) is 0 Å². The number of hydrogen-bond donors (Lipinski definition) is 2. The molecular formula is C15H15N5O. The van der Waals surface area contributed by atoms with Gasteiger partial charge in [-0.25, -0.2) is 4.98 Å². The number of nitrogens with one attached hydrogen (secondary N) is 2. The topological polar surface area (TPSA) is 77.7 Å². The third-order valence-electron chi connectivity index (χ3n) is 4.10. The third-order valence-corrected chi connectivity index (χ3v) is 4.10. The molecule has 4 rings (SSSR count). The molecule has 1 aromatic carbocycles. The van der Waals surface area contributed by atoms with Crippen LogP contribution in [0.4, 0.5) is 0 Å². The van der Waals surface area contributed by atoms with E-state index in [0.29, 0.717) is 11.5 Å². The minimum atomic E-state index is 0.0773. The number of aromatic amines is 2. The molecule has 1 aliphatic rings. The Hall–Kier alpha value is -2.63. The number of rotatable bonds is 2. The highest BCUT2D eigenvalue weighted by Crippen LogP contribution is 2.27. The quantitative estimate of drug-likeness (QED) is 0.753. The van der Waals surface area contributed by atoms with E-state index in [1.54, 1.807) is 12.5 Å². The molecule has 0 saturated carbocycles. The summed E-state index contributed by atoms with van der Waals surface area (Å²) in [5.74, 6) is 0.431. The second-order valence-electron chi connectivity index (χ2n) is 5.38. The SMILES string of the molecule is O=C(c1ccc2nc[nH]c2c1)N1CCC(c2ccn[nH]2)C1. The fraction of sp³-hybridized carbons (Fsp3) is 0.267. The molecule has 1 fully saturated rings. The lowest BCUT2D eigenvalue weighted by Gasteiger charge is -2.16. The molecule has 3 heterocycles. The van der Waals surface area contributed by atoms with Crippen LogP contribution in [-0.2, 0) is 0 Å². The molecule has 0 radical (unpaired) electrons. The van der Waals surface area contributed by atoms with Crippen LogP contribution in [0.15, 0.2) is 36.8 Å². The van der Waals surface area contributed by atoms with E-state index in [1.807, 2.05) is 29.2 Å². The smallest absolute Gasteiger partial charge is 0.253 e. The zero-order valence-electron chi connectivity index (χ0n) is 11.4. The average molecular weight is 281 g/mol. The lowest BCUT2D eigenvalue weighted by Crippen LogP contribution is -2.28. The van der Waals surface area contributed by atoms with Crippen LogP contribution in [0.25, 0.3) is 11.0 Å². The monoisotopic (exact) mass is 281 g/mol. The molecule has 0 aliphatic carbocycles. The normalized spacial score (nSPS) is 18.5. The Morgan fingerprint density at radius 1 is 1.33 bits per heavy atom. The van der Waals surface area contributed by atoms with Crippen LogP contribution in [0, 0.1) is 0 Å². The minimum Gasteiger partial charge on any atom is -0.345 e. The molecule has 2 N–H and O–H groups in total. The van der Waals surface area contributed by atoms with E-state index in [1.165, 1.54) is 0 Å². The number of imidazole rings is 1. The minimum absolute atomic E-state index is 0.0773. The van der Waals surface area contributed by atoms with Gasteiger partial charge in [0.1, 0.15) is 0 Å². The Balaban J connectivity index is 1.55. The summed E-state index contributed by atoms with van der Waals surface area (Å²) < 4.78 is 0. The predicted octanol–water partition coefficient (Wildman–Crippen LogP) is 1.92. The number of fused-ring (bicyclic) bond motifs is 1. The molecule has 6 nitrogen and oxygen atoms in total. The van der Waals surface area contributed by atoms with Crippen LogP contribution in [0.3, 0.4) is 0 Å². The van der Waals surface area contributed by atoms with E-state index in [-0.39, 0.29) is 5.91 Å². The Labute approximate surface area is 121 Å². The van der Waals surface area contributed by atoms with Crippen molar-refractivity contribution in [2.24, 2.45) is 0 Å². The molecule has 0 bridgehead atoms. The van der Waals surface area contributed by atoms with Crippen LogP contribution in [0.5, 0.6) is 0 Å². The summed E-state index contributed by atoms with van der Waals surface area (Å²) in [7, 11) is 0. The van der Waals surface area contributed by atoms with Crippen molar-refractivity contribution in [3.8, 4) is 0 Å². The number of hydrogen-bond acceptors (Lipinski definition) is 3. The van der Waals surface area contributed by atoms with Crippen molar-refractivity contribution in [3.63, 3.8) is 0 Å². The first-order valence-electron chi connectivity index (χ1n) is 7.03.